The molecule has 1 aliphatic rings. The van der Waals surface area contributed by atoms with Crippen LogP contribution in [0.25, 0.3) is 11.1 Å². The van der Waals surface area contributed by atoms with Gasteiger partial charge in [-0.15, -0.1) is 11.3 Å². The quantitative estimate of drug-likeness (QED) is 0.728. The van der Waals surface area contributed by atoms with E-state index in [4.69, 9.17) is 10.5 Å². The second kappa shape index (κ2) is 4.38. The first-order valence-corrected chi connectivity index (χ1v) is 7.11. The molecule has 3 rings (SSSR count). The van der Waals surface area contributed by atoms with E-state index in [1.807, 2.05) is 0 Å². The van der Waals surface area contributed by atoms with E-state index in [0.717, 1.165) is 17.5 Å². The third-order valence-corrected chi connectivity index (χ3v) is 4.39. The first kappa shape index (κ1) is 12.2. The van der Waals surface area contributed by atoms with Crippen LogP contribution in [0.15, 0.2) is 18.2 Å². The van der Waals surface area contributed by atoms with Crippen LogP contribution in [0.4, 0.5) is 5.00 Å². The summed E-state index contributed by atoms with van der Waals surface area (Å²) in [4.78, 5) is 13.3. The van der Waals surface area contributed by atoms with Crippen LogP contribution in [-0.2, 0) is 11.2 Å². The fourth-order valence-electron chi connectivity index (χ4n) is 2.56. The highest BCUT2D eigenvalue weighted by Crippen LogP contribution is 2.46. The normalized spacial score (nSPS) is 12.1. The number of carbonyl (C=O) groups excluding carboxylic acids is 1. The number of nitrogens with two attached hydrogens (primary N) is 1. The van der Waals surface area contributed by atoms with Crippen LogP contribution < -0.4 is 5.73 Å². The van der Waals surface area contributed by atoms with Crippen LogP contribution in [0.5, 0.6) is 0 Å². The van der Waals surface area contributed by atoms with Gasteiger partial charge < -0.3 is 10.5 Å². The molecule has 0 atom stereocenters. The molecule has 19 heavy (non-hydrogen) atoms. The van der Waals surface area contributed by atoms with E-state index in [-0.39, 0.29) is 5.97 Å². The number of aryl methyl sites for hydroxylation is 1. The summed E-state index contributed by atoms with van der Waals surface area (Å²) < 4.78 is 5.13. The van der Waals surface area contributed by atoms with Crippen LogP contribution in [0.2, 0.25) is 0 Å². The van der Waals surface area contributed by atoms with Crippen LogP contribution >= 0.6 is 11.3 Å². The fraction of sp³-hybridized carbons (Fsp3) is 0.267. The van der Waals surface area contributed by atoms with Crippen molar-refractivity contribution in [1.82, 2.24) is 0 Å². The van der Waals surface area contributed by atoms with Crippen LogP contribution in [0, 0.1) is 6.92 Å². The number of thiophene rings is 1. The number of hydrogen-bond acceptors (Lipinski definition) is 4. The number of ether oxygens (including phenoxy) is 1. The SMILES string of the molecule is CCOC(=O)c1c(N)sc2c1-c1cc(C)ccc1C2. The fourth-order valence-corrected chi connectivity index (χ4v) is 3.66. The molecule has 1 heterocycles. The maximum atomic E-state index is 12.1. The largest absolute Gasteiger partial charge is 0.462 e. The topological polar surface area (TPSA) is 52.3 Å². The van der Waals surface area contributed by atoms with E-state index in [1.54, 1.807) is 6.92 Å². The highest BCUT2D eigenvalue weighted by molar-refractivity contribution is 7.17. The molecular formula is C15H15NO2S. The lowest BCUT2D eigenvalue weighted by molar-refractivity contribution is 0.0529. The predicted octanol–water partition coefficient (Wildman–Crippen LogP) is 3.39. The lowest BCUT2D eigenvalue weighted by Crippen LogP contribution is -2.07. The summed E-state index contributed by atoms with van der Waals surface area (Å²) in [6.45, 7) is 4.22. The number of nitrogen functional groups attached to an aromatic ring is 1. The van der Waals surface area contributed by atoms with Crippen LogP contribution in [0.1, 0.15) is 33.3 Å². The standard InChI is InChI=1S/C15H15NO2S/c1-3-18-15(17)13-12-10-6-8(2)4-5-9(10)7-11(12)19-14(13)16/h4-6H,3,7,16H2,1-2H3. The number of anilines is 1. The van der Waals surface area contributed by atoms with Gasteiger partial charge in [0.2, 0.25) is 0 Å². The molecule has 0 amide bonds. The summed E-state index contributed by atoms with van der Waals surface area (Å²) in [7, 11) is 0. The van der Waals surface area contributed by atoms with E-state index < -0.39 is 0 Å². The lowest BCUT2D eigenvalue weighted by Gasteiger charge is -2.06. The third-order valence-electron chi connectivity index (χ3n) is 3.37. The molecule has 2 aromatic rings. The second-order valence-electron chi connectivity index (χ2n) is 4.70. The molecule has 0 fully saturated rings. The molecule has 0 saturated heterocycles. The number of benzene rings is 1. The zero-order valence-corrected chi connectivity index (χ0v) is 11.8. The van der Waals surface area contributed by atoms with Crippen molar-refractivity contribution >= 4 is 22.3 Å². The van der Waals surface area contributed by atoms with Gasteiger partial charge in [0.1, 0.15) is 10.6 Å². The predicted molar refractivity (Wildman–Crippen MR) is 77.7 cm³/mol. The average molecular weight is 273 g/mol. The number of fused-ring (bicyclic) bond motifs is 3. The van der Waals surface area contributed by atoms with Gasteiger partial charge in [0, 0.05) is 16.9 Å². The van der Waals surface area contributed by atoms with E-state index in [2.05, 4.69) is 25.1 Å². The second-order valence-corrected chi connectivity index (χ2v) is 5.83. The number of carbonyl (C=O) groups is 1. The molecule has 0 spiro atoms. The van der Waals surface area contributed by atoms with E-state index in [1.165, 1.54) is 27.3 Å². The molecule has 0 bridgehead atoms. The van der Waals surface area contributed by atoms with Gasteiger partial charge in [-0.05, 0) is 25.0 Å². The Balaban J connectivity index is 2.19. The van der Waals surface area contributed by atoms with Crippen LogP contribution in [0.3, 0.4) is 0 Å². The summed E-state index contributed by atoms with van der Waals surface area (Å²) in [6.07, 6.45) is 0.860. The average Bonchev–Trinajstić information content (AvgIpc) is 2.84. The van der Waals surface area contributed by atoms with Crippen molar-refractivity contribution in [2.75, 3.05) is 12.3 Å². The van der Waals surface area contributed by atoms with E-state index in [9.17, 15) is 4.79 Å². The zero-order valence-electron chi connectivity index (χ0n) is 10.9. The molecular weight excluding hydrogens is 258 g/mol. The Labute approximate surface area is 116 Å². The molecule has 1 aliphatic carbocycles. The Bertz CT molecular complexity index is 673. The van der Waals surface area contributed by atoms with Crippen molar-refractivity contribution in [2.45, 2.75) is 20.3 Å². The van der Waals surface area contributed by atoms with Gasteiger partial charge in [0.05, 0.1) is 6.61 Å². The van der Waals surface area contributed by atoms with Crippen LogP contribution in [-0.4, -0.2) is 12.6 Å². The molecule has 98 valence electrons. The van der Waals surface area contributed by atoms with Crippen molar-refractivity contribution in [2.24, 2.45) is 0 Å². The van der Waals surface area contributed by atoms with Crippen molar-refractivity contribution in [1.29, 1.82) is 0 Å². The molecule has 1 aromatic carbocycles. The van der Waals surface area contributed by atoms with E-state index in [0.29, 0.717) is 17.2 Å². The summed E-state index contributed by atoms with van der Waals surface area (Å²) in [5.74, 6) is -0.313. The lowest BCUT2D eigenvalue weighted by atomic mass is 10.0. The smallest absolute Gasteiger partial charge is 0.341 e. The molecule has 1 aromatic heterocycles. The van der Waals surface area contributed by atoms with Gasteiger partial charge >= 0.3 is 5.97 Å². The van der Waals surface area contributed by atoms with Gasteiger partial charge in [-0.25, -0.2) is 4.79 Å². The van der Waals surface area contributed by atoms with Gasteiger partial charge in [-0.3, -0.25) is 0 Å². The molecule has 4 heteroatoms. The van der Waals surface area contributed by atoms with Gasteiger partial charge in [-0.2, -0.15) is 0 Å². The number of hydrogen-bond donors (Lipinski definition) is 1. The Kier molecular flexibility index (Phi) is 2.82. The summed E-state index contributed by atoms with van der Waals surface area (Å²) in [5.41, 5.74) is 11.1. The van der Waals surface area contributed by atoms with Gasteiger partial charge in [-0.1, -0.05) is 23.8 Å². The Morgan fingerprint density at radius 1 is 1.47 bits per heavy atom. The highest BCUT2D eigenvalue weighted by atomic mass is 32.1. The molecule has 0 unspecified atom stereocenters. The Morgan fingerprint density at radius 3 is 3.00 bits per heavy atom. The Morgan fingerprint density at radius 2 is 2.26 bits per heavy atom. The van der Waals surface area contributed by atoms with Gasteiger partial charge in [0.25, 0.3) is 0 Å². The van der Waals surface area contributed by atoms with Crippen molar-refractivity contribution < 1.29 is 9.53 Å². The summed E-state index contributed by atoms with van der Waals surface area (Å²) in [6, 6.07) is 6.35. The minimum absolute atomic E-state index is 0.313. The maximum Gasteiger partial charge on any atom is 0.341 e. The minimum atomic E-state index is -0.313. The highest BCUT2D eigenvalue weighted by Gasteiger charge is 2.30. The monoisotopic (exact) mass is 273 g/mol. The molecule has 0 aliphatic heterocycles. The van der Waals surface area contributed by atoms with Crippen molar-refractivity contribution in [3.05, 3.63) is 39.8 Å². The summed E-state index contributed by atoms with van der Waals surface area (Å²) in [5, 5.41) is 0.565. The molecule has 0 saturated carbocycles. The molecule has 2 N–H and O–H groups in total. The minimum Gasteiger partial charge on any atom is -0.462 e. The maximum absolute atomic E-state index is 12.1. The Hall–Kier alpha value is -1.81. The van der Waals surface area contributed by atoms with Gasteiger partial charge in [0.15, 0.2) is 0 Å². The third kappa shape index (κ3) is 1.83. The molecule has 3 nitrogen and oxygen atoms in total. The van der Waals surface area contributed by atoms with Crippen molar-refractivity contribution in [3.63, 3.8) is 0 Å². The summed E-state index contributed by atoms with van der Waals surface area (Å²) >= 11 is 1.50. The number of esters is 1. The van der Waals surface area contributed by atoms with E-state index >= 15 is 0 Å². The first-order chi connectivity index (χ1) is 9.11. The van der Waals surface area contributed by atoms with Crippen molar-refractivity contribution in [3.8, 4) is 11.1 Å². The zero-order chi connectivity index (χ0) is 13.6. The number of rotatable bonds is 2. The first-order valence-electron chi connectivity index (χ1n) is 6.30. The molecule has 0 radical (unpaired) electrons.